The molecule has 0 saturated carbocycles. The van der Waals surface area contributed by atoms with Gasteiger partial charge in [-0.05, 0) is 45.4 Å². The van der Waals surface area contributed by atoms with E-state index in [9.17, 15) is 4.39 Å². The Balaban J connectivity index is 2.44. The molecule has 1 aromatic carbocycles. The van der Waals surface area contributed by atoms with E-state index in [0.717, 1.165) is 9.35 Å². The summed E-state index contributed by atoms with van der Waals surface area (Å²) in [5.41, 5.74) is 0.00209. The van der Waals surface area contributed by atoms with Crippen LogP contribution in [-0.2, 0) is 11.8 Å². The van der Waals surface area contributed by atoms with Gasteiger partial charge in [0.05, 0.1) is 0 Å². The molecule has 0 saturated heterocycles. The van der Waals surface area contributed by atoms with E-state index >= 15 is 0 Å². The molecule has 2 rings (SSSR count). The lowest BCUT2D eigenvalue weighted by Gasteiger charge is -2.30. The van der Waals surface area contributed by atoms with Gasteiger partial charge in [0.1, 0.15) is 5.82 Å². The maximum absolute atomic E-state index is 14.1. The smallest absolute Gasteiger partial charge is 0.127 e. The van der Waals surface area contributed by atoms with Gasteiger partial charge in [0.15, 0.2) is 0 Å². The van der Waals surface area contributed by atoms with Crippen LogP contribution in [0.15, 0.2) is 40.2 Å². The summed E-state index contributed by atoms with van der Waals surface area (Å²) in [7, 11) is 0. The van der Waals surface area contributed by atoms with Crippen LogP contribution in [0.5, 0.6) is 0 Å². The monoisotopic (exact) mass is 380 g/mol. The molecule has 1 heterocycles. The van der Waals surface area contributed by atoms with Gasteiger partial charge in [0, 0.05) is 26.5 Å². The van der Waals surface area contributed by atoms with Gasteiger partial charge in [-0.25, -0.2) is 4.39 Å². The highest BCUT2D eigenvalue weighted by molar-refractivity contribution is 9.10. The standard InChI is InChI=1S/C14H12BrCl2FS/c15-11-5-6-19-13(11)7-14(8-16,9-17)10-3-1-2-4-12(10)18/h1-6H,7-9H2. The molecule has 0 N–H and O–H groups in total. The van der Waals surface area contributed by atoms with Crippen LogP contribution in [0.3, 0.4) is 0 Å². The SMILES string of the molecule is Fc1ccccc1C(CCl)(CCl)Cc1sccc1Br. The quantitative estimate of drug-likeness (QED) is 0.590. The van der Waals surface area contributed by atoms with Gasteiger partial charge in [-0.15, -0.1) is 34.5 Å². The van der Waals surface area contributed by atoms with Gasteiger partial charge in [0.25, 0.3) is 0 Å². The van der Waals surface area contributed by atoms with Crippen LogP contribution in [0.25, 0.3) is 0 Å². The highest BCUT2D eigenvalue weighted by Crippen LogP contribution is 2.37. The molecule has 19 heavy (non-hydrogen) atoms. The molecule has 5 heteroatoms. The summed E-state index contributed by atoms with van der Waals surface area (Å²) in [6.45, 7) is 0. The molecule has 0 radical (unpaired) electrons. The first-order valence-corrected chi connectivity index (χ1v) is 8.46. The lowest BCUT2D eigenvalue weighted by atomic mass is 9.80. The fourth-order valence-electron chi connectivity index (χ4n) is 2.02. The largest absolute Gasteiger partial charge is 0.207 e. The molecule has 102 valence electrons. The van der Waals surface area contributed by atoms with E-state index in [1.165, 1.54) is 6.07 Å². The van der Waals surface area contributed by atoms with Gasteiger partial charge in [0.2, 0.25) is 0 Å². The highest BCUT2D eigenvalue weighted by Gasteiger charge is 2.34. The molecule has 0 aliphatic carbocycles. The maximum Gasteiger partial charge on any atom is 0.127 e. The first kappa shape index (κ1) is 15.3. The zero-order valence-corrected chi connectivity index (χ0v) is 13.9. The van der Waals surface area contributed by atoms with Crippen LogP contribution >= 0.6 is 50.5 Å². The Kier molecular flexibility index (Phi) is 5.29. The minimum atomic E-state index is -0.582. The lowest BCUT2D eigenvalue weighted by Crippen LogP contribution is -2.34. The van der Waals surface area contributed by atoms with E-state index in [2.05, 4.69) is 15.9 Å². The number of hydrogen-bond donors (Lipinski definition) is 0. The molecule has 0 bridgehead atoms. The minimum Gasteiger partial charge on any atom is -0.207 e. The molecule has 0 fully saturated rings. The van der Waals surface area contributed by atoms with Crippen LogP contribution in [0.4, 0.5) is 4.39 Å². The van der Waals surface area contributed by atoms with Crippen molar-refractivity contribution in [2.24, 2.45) is 0 Å². The zero-order chi connectivity index (χ0) is 13.9. The number of thiophene rings is 1. The molecule has 1 aromatic heterocycles. The highest BCUT2D eigenvalue weighted by atomic mass is 79.9. The molecule has 0 spiro atoms. The molecule has 0 aliphatic rings. The number of rotatable bonds is 5. The van der Waals surface area contributed by atoms with E-state index in [1.54, 1.807) is 23.5 Å². The fraction of sp³-hybridized carbons (Fsp3) is 0.286. The summed E-state index contributed by atoms with van der Waals surface area (Å²) >= 11 is 17.4. The Morgan fingerprint density at radius 2 is 1.84 bits per heavy atom. The molecule has 2 aromatic rings. The van der Waals surface area contributed by atoms with Crippen molar-refractivity contribution < 1.29 is 4.39 Å². The maximum atomic E-state index is 14.1. The summed E-state index contributed by atoms with van der Waals surface area (Å²) in [6, 6.07) is 8.69. The van der Waals surface area contributed by atoms with E-state index in [4.69, 9.17) is 23.2 Å². The zero-order valence-electron chi connectivity index (χ0n) is 10.0. The lowest BCUT2D eigenvalue weighted by molar-refractivity contribution is 0.493. The number of alkyl halides is 2. The van der Waals surface area contributed by atoms with Crippen molar-refractivity contribution in [1.82, 2.24) is 0 Å². The van der Waals surface area contributed by atoms with E-state index in [-0.39, 0.29) is 17.6 Å². The summed E-state index contributed by atoms with van der Waals surface area (Å²) in [5.74, 6) is 0.306. The summed E-state index contributed by atoms with van der Waals surface area (Å²) in [6.07, 6.45) is 0.624. The average molecular weight is 382 g/mol. The van der Waals surface area contributed by atoms with Crippen molar-refractivity contribution >= 4 is 50.5 Å². The average Bonchev–Trinajstić information content (AvgIpc) is 2.82. The predicted molar refractivity (Wildman–Crippen MR) is 85.2 cm³/mol. The van der Waals surface area contributed by atoms with E-state index in [1.807, 2.05) is 17.5 Å². The van der Waals surface area contributed by atoms with Crippen molar-refractivity contribution in [3.8, 4) is 0 Å². The Hall–Kier alpha value is -0.0900. The minimum absolute atomic E-state index is 0.253. The molecule has 0 unspecified atom stereocenters. The predicted octanol–water partition coefficient (Wildman–Crippen LogP) is 5.61. The van der Waals surface area contributed by atoms with Crippen molar-refractivity contribution in [2.75, 3.05) is 11.8 Å². The van der Waals surface area contributed by atoms with Crippen molar-refractivity contribution in [3.63, 3.8) is 0 Å². The first-order valence-electron chi connectivity index (χ1n) is 5.72. The van der Waals surface area contributed by atoms with Gasteiger partial charge >= 0.3 is 0 Å². The fourth-order valence-corrected chi connectivity index (χ4v) is 4.42. The second-order valence-corrected chi connectivity index (χ2v) is 6.79. The topological polar surface area (TPSA) is 0 Å². The van der Waals surface area contributed by atoms with Crippen LogP contribution in [-0.4, -0.2) is 11.8 Å². The molecule has 0 atom stereocenters. The number of halogens is 4. The van der Waals surface area contributed by atoms with Crippen LogP contribution in [0.1, 0.15) is 10.4 Å². The van der Waals surface area contributed by atoms with E-state index in [0.29, 0.717) is 12.0 Å². The Labute approximate surface area is 134 Å². The van der Waals surface area contributed by atoms with Gasteiger partial charge < -0.3 is 0 Å². The second kappa shape index (κ2) is 6.57. The molecule has 0 aliphatic heterocycles. The molecular weight excluding hydrogens is 370 g/mol. The van der Waals surface area contributed by atoms with Crippen LogP contribution < -0.4 is 0 Å². The van der Waals surface area contributed by atoms with Gasteiger partial charge in [-0.3, -0.25) is 0 Å². The summed E-state index contributed by atoms with van der Waals surface area (Å²) < 4.78 is 15.1. The third kappa shape index (κ3) is 3.15. The van der Waals surface area contributed by atoms with Crippen LogP contribution in [0.2, 0.25) is 0 Å². The van der Waals surface area contributed by atoms with Gasteiger partial charge in [-0.1, -0.05) is 18.2 Å². The third-order valence-electron chi connectivity index (χ3n) is 3.15. The summed E-state index contributed by atoms with van der Waals surface area (Å²) in [5, 5.41) is 1.99. The number of hydrogen-bond acceptors (Lipinski definition) is 1. The first-order chi connectivity index (χ1) is 9.13. The van der Waals surface area contributed by atoms with E-state index < -0.39 is 5.41 Å². The normalized spacial score (nSPS) is 11.8. The molecule has 0 nitrogen and oxygen atoms in total. The Bertz CT molecular complexity index is 552. The second-order valence-electron chi connectivity index (χ2n) is 4.40. The Morgan fingerprint density at radius 1 is 1.16 bits per heavy atom. The van der Waals surface area contributed by atoms with Crippen molar-refractivity contribution in [3.05, 3.63) is 56.4 Å². The number of benzene rings is 1. The summed E-state index contributed by atoms with van der Waals surface area (Å²) in [4.78, 5) is 1.13. The van der Waals surface area contributed by atoms with Gasteiger partial charge in [-0.2, -0.15) is 0 Å². The molecule has 0 amide bonds. The van der Waals surface area contributed by atoms with Crippen LogP contribution in [0, 0.1) is 5.82 Å². The van der Waals surface area contributed by atoms with Crippen molar-refractivity contribution in [1.29, 1.82) is 0 Å². The Morgan fingerprint density at radius 3 is 2.37 bits per heavy atom. The van der Waals surface area contributed by atoms with Crippen molar-refractivity contribution in [2.45, 2.75) is 11.8 Å². The molecular formula is C14H12BrCl2FS. The third-order valence-corrected chi connectivity index (χ3v) is 6.10.